The van der Waals surface area contributed by atoms with E-state index in [1.165, 1.54) is 7.11 Å². The topological polar surface area (TPSA) is 75.6 Å². The minimum atomic E-state index is -1.50. The van der Waals surface area contributed by atoms with E-state index in [0.717, 1.165) is 19.3 Å². The van der Waals surface area contributed by atoms with Gasteiger partial charge in [-0.15, -0.1) is 0 Å². The molecule has 0 saturated heterocycles. The number of carboxylic acids is 1. The van der Waals surface area contributed by atoms with Gasteiger partial charge in [0, 0.05) is 13.7 Å². The van der Waals surface area contributed by atoms with Gasteiger partial charge >= 0.3 is 5.97 Å². The van der Waals surface area contributed by atoms with Crippen LogP contribution in [0.4, 0.5) is 8.78 Å². The third-order valence-electron chi connectivity index (χ3n) is 3.80. The lowest BCUT2D eigenvalue weighted by molar-refractivity contribution is -0.0679. The first-order valence-electron chi connectivity index (χ1n) is 6.44. The van der Waals surface area contributed by atoms with Crippen LogP contribution in [0.15, 0.2) is 12.1 Å². The van der Waals surface area contributed by atoms with Crippen molar-refractivity contribution in [2.45, 2.75) is 24.9 Å². The fourth-order valence-electron chi connectivity index (χ4n) is 2.27. The van der Waals surface area contributed by atoms with Gasteiger partial charge in [-0.1, -0.05) is 0 Å². The van der Waals surface area contributed by atoms with Crippen LogP contribution in [0.3, 0.4) is 0 Å². The van der Waals surface area contributed by atoms with Gasteiger partial charge < -0.3 is 15.2 Å². The van der Waals surface area contributed by atoms with Crippen molar-refractivity contribution in [3.8, 4) is 0 Å². The number of carbonyl (C=O) groups is 2. The van der Waals surface area contributed by atoms with Gasteiger partial charge in [-0.05, 0) is 31.4 Å². The molecule has 0 bridgehead atoms. The number of methoxy groups -OCH3 is 1. The minimum absolute atomic E-state index is 0.195. The lowest BCUT2D eigenvalue weighted by atomic mass is 9.80. The number of hydrogen-bond acceptors (Lipinski definition) is 3. The summed E-state index contributed by atoms with van der Waals surface area (Å²) in [4.78, 5) is 23.0. The molecule has 0 aliphatic heterocycles. The second-order valence-corrected chi connectivity index (χ2v) is 5.04. The Morgan fingerprint density at radius 3 is 2.29 bits per heavy atom. The van der Waals surface area contributed by atoms with Crippen LogP contribution in [-0.4, -0.2) is 36.2 Å². The average Bonchev–Trinajstić information content (AvgIpc) is 2.40. The number of amides is 1. The second kappa shape index (κ2) is 5.77. The summed E-state index contributed by atoms with van der Waals surface area (Å²) in [5, 5.41) is 11.5. The maximum atomic E-state index is 13.2. The maximum Gasteiger partial charge on any atom is 0.336 e. The lowest BCUT2D eigenvalue weighted by Crippen LogP contribution is -2.49. The third-order valence-corrected chi connectivity index (χ3v) is 3.80. The molecule has 7 heteroatoms. The highest BCUT2D eigenvalue weighted by Crippen LogP contribution is 2.34. The Kier molecular flexibility index (Phi) is 4.22. The van der Waals surface area contributed by atoms with Gasteiger partial charge in [-0.25, -0.2) is 13.6 Å². The van der Waals surface area contributed by atoms with Crippen LogP contribution in [0, 0.1) is 11.6 Å². The number of hydrogen-bond donors (Lipinski definition) is 2. The predicted octanol–water partition coefficient (Wildman–Crippen LogP) is 1.96. The van der Waals surface area contributed by atoms with Gasteiger partial charge in [0.1, 0.15) is 0 Å². The fraction of sp³-hybridized carbons (Fsp3) is 0.429. The van der Waals surface area contributed by atoms with E-state index >= 15 is 0 Å². The number of halogens is 2. The van der Waals surface area contributed by atoms with Crippen molar-refractivity contribution in [3.63, 3.8) is 0 Å². The van der Waals surface area contributed by atoms with Crippen LogP contribution in [0.2, 0.25) is 0 Å². The molecule has 1 aromatic rings. The van der Waals surface area contributed by atoms with Gasteiger partial charge in [-0.2, -0.15) is 0 Å². The summed E-state index contributed by atoms with van der Waals surface area (Å²) in [5.74, 6) is -4.84. The molecule has 21 heavy (non-hydrogen) atoms. The van der Waals surface area contributed by atoms with Crippen LogP contribution >= 0.6 is 0 Å². The normalized spacial score (nSPS) is 16.1. The highest BCUT2D eigenvalue weighted by Gasteiger charge is 2.37. The molecule has 1 fully saturated rings. The Morgan fingerprint density at radius 2 is 1.86 bits per heavy atom. The third kappa shape index (κ3) is 3.02. The van der Waals surface area contributed by atoms with Gasteiger partial charge in [0.05, 0.1) is 16.7 Å². The molecular weight excluding hydrogens is 284 g/mol. The molecule has 0 spiro atoms. The van der Waals surface area contributed by atoms with E-state index in [2.05, 4.69) is 5.32 Å². The number of nitrogens with one attached hydrogen (secondary N) is 1. The molecule has 1 amide bonds. The van der Waals surface area contributed by atoms with Gasteiger partial charge in [-0.3, -0.25) is 4.79 Å². The number of rotatable bonds is 5. The summed E-state index contributed by atoms with van der Waals surface area (Å²) < 4.78 is 31.6. The van der Waals surface area contributed by atoms with E-state index in [-0.39, 0.29) is 6.54 Å². The lowest BCUT2D eigenvalue weighted by Gasteiger charge is -2.40. The van der Waals surface area contributed by atoms with Crippen molar-refractivity contribution < 1.29 is 28.2 Å². The van der Waals surface area contributed by atoms with Gasteiger partial charge in [0.15, 0.2) is 11.6 Å². The van der Waals surface area contributed by atoms with Crippen molar-refractivity contribution in [1.82, 2.24) is 5.32 Å². The molecule has 1 aliphatic rings. The molecule has 0 unspecified atom stereocenters. The van der Waals surface area contributed by atoms with Crippen LogP contribution in [0.5, 0.6) is 0 Å². The van der Waals surface area contributed by atoms with Crippen molar-refractivity contribution in [2.24, 2.45) is 0 Å². The molecule has 0 atom stereocenters. The Morgan fingerprint density at radius 1 is 1.29 bits per heavy atom. The van der Waals surface area contributed by atoms with E-state index in [1.807, 2.05) is 0 Å². The summed E-state index contributed by atoms with van der Waals surface area (Å²) in [7, 11) is 1.53. The molecule has 2 N–H and O–H groups in total. The summed E-state index contributed by atoms with van der Waals surface area (Å²) in [6.45, 7) is 0.195. The van der Waals surface area contributed by atoms with Crippen molar-refractivity contribution in [2.75, 3.05) is 13.7 Å². The Bertz CT molecular complexity index is 579. The zero-order chi connectivity index (χ0) is 15.6. The quantitative estimate of drug-likeness (QED) is 0.871. The van der Waals surface area contributed by atoms with Crippen LogP contribution in [-0.2, 0) is 4.74 Å². The van der Waals surface area contributed by atoms with Crippen LogP contribution in [0.1, 0.15) is 40.0 Å². The Hall–Kier alpha value is -2.02. The Labute approximate surface area is 119 Å². The molecule has 1 saturated carbocycles. The molecule has 0 aromatic heterocycles. The molecule has 1 aromatic carbocycles. The first kappa shape index (κ1) is 15.4. The number of ether oxygens (including phenoxy) is 1. The SMILES string of the molecule is COC1(CNC(=O)c2cc(F)c(F)cc2C(=O)O)CCC1. The number of benzene rings is 1. The van der Waals surface area contributed by atoms with Crippen molar-refractivity contribution >= 4 is 11.9 Å². The zero-order valence-electron chi connectivity index (χ0n) is 11.4. The van der Waals surface area contributed by atoms with Crippen LogP contribution in [0.25, 0.3) is 0 Å². The summed E-state index contributed by atoms with van der Waals surface area (Å²) in [5.41, 5.74) is -1.43. The first-order chi connectivity index (χ1) is 9.88. The van der Waals surface area contributed by atoms with E-state index in [0.29, 0.717) is 12.1 Å². The highest BCUT2D eigenvalue weighted by molar-refractivity contribution is 6.04. The Balaban J connectivity index is 2.18. The monoisotopic (exact) mass is 299 g/mol. The average molecular weight is 299 g/mol. The standard InChI is InChI=1S/C14H15F2NO4/c1-21-14(3-2-4-14)7-17-12(18)8-5-10(15)11(16)6-9(8)13(19)20/h5-6H,2-4,7H2,1H3,(H,17,18)(H,19,20). The molecule has 114 valence electrons. The van der Waals surface area contributed by atoms with Gasteiger partial charge in [0.25, 0.3) is 5.91 Å². The second-order valence-electron chi connectivity index (χ2n) is 5.04. The number of carbonyl (C=O) groups excluding carboxylic acids is 1. The predicted molar refractivity (Wildman–Crippen MR) is 69.2 cm³/mol. The first-order valence-corrected chi connectivity index (χ1v) is 6.44. The minimum Gasteiger partial charge on any atom is -0.478 e. The number of aromatic carboxylic acids is 1. The molecule has 0 radical (unpaired) electrons. The van der Waals surface area contributed by atoms with Crippen molar-refractivity contribution in [3.05, 3.63) is 34.9 Å². The summed E-state index contributed by atoms with van der Waals surface area (Å²) in [6, 6.07) is 1.09. The summed E-state index contributed by atoms with van der Waals surface area (Å²) >= 11 is 0. The molecular formula is C14H15F2NO4. The molecule has 0 heterocycles. The van der Waals surface area contributed by atoms with Gasteiger partial charge in [0.2, 0.25) is 0 Å². The van der Waals surface area contributed by atoms with E-state index in [1.54, 1.807) is 0 Å². The van der Waals surface area contributed by atoms with E-state index in [4.69, 9.17) is 9.84 Å². The highest BCUT2D eigenvalue weighted by atomic mass is 19.2. The van der Waals surface area contributed by atoms with E-state index in [9.17, 15) is 18.4 Å². The number of carboxylic acid groups (broad SMARTS) is 1. The largest absolute Gasteiger partial charge is 0.478 e. The molecule has 2 rings (SSSR count). The smallest absolute Gasteiger partial charge is 0.336 e. The van der Waals surface area contributed by atoms with E-state index < -0.39 is 40.2 Å². The molecule has 1 aliphatic carbocycles. The summed E-state index contributed by atoms with van der Waals surface area (Å²) in [6.07, 6.45) is 2.55. The fourth-order valence-corrected chi connectivity index (χ4v) is 2.27. The zero-order valence-corrected chi connectivity index (χ0v) is 11.4. The maximum absolute atomic E-state index is 13.2. The molecule has 5 nitrogen and oxygen atoms in total. The van der Waals surface area contributed by atoms with Crippen molar-refractivity contribution in [1.29, 1.82) is 0 Å². The van der Waals surface area contributed by atoms with Crippen LogP contribution < -0.4 is 5.32 Å².